The second-order valence-corrected chi connectivity index (χ2v) is 8.47. The second kappa shape index (κ2) is 10.0. The van der Waals surface area contributed by atoms with E-state index >= 15 is 0 Å². The fourth-order valence-electron chi connectivity index (χ4n) is 3.90. The molecule has 0 spiro atoms. The Labute approximate surface area is 197 Å². The van der Waals surface area contributed by atoms with Gasteiger partial charge in [-0.2, -0.15) is 0 Å². The smallest absolute Gasteiger partial charge is 0.337 e. The third kappa shape index (κ3) is 5.01. The largest absolute Gasteiger partial charge is 0.465 e. The fourth-order valence-corrected chi connectivity index (χ4v) is 4.03. The number of rotatable bonds is 8. The van der Waals surface area contributed by atoms with E-state index in [1.54, 1.807) is 28.8 Å². The molecule has 0 unspecified atom stereocenters. The van der Waals surface area contributed by atoms with Crippen molar-refractivity contribution in [3.05, 3.63) is 93.0 Å². The van der Waals surface area contributed by atoms with Crippen molar-refractivity contribution in [1.29, 1.82) is 0 Å². The van der Waals surface area contributed by atoms with E-state index in [1.807, 2.05) is 36.5 Å². The number of carbonyl (C=O) groups excluding carboxylic acids is 1. The number of aromatic nitrogens is 3. The van der Waals surface area contributed by atoms with Crippen LogP contribution in [0.25, 0.3) is 17.0 Å². The standard InChI is InChI=1S/C26H26ClN3O3/c1-3-4-5-13-29-16-21(15-18-7-6-8-20(14-18)25(32)33-2)24(31)30-17-23(28-26(29)30)19-9-11-22(27)12-10-19/h6-12,14,16-17H,3-5,13,15H2,1-2H3. The Bertz CT molecular complexity index is 1340. The molecule has 4 rings (SSSR count). The SMILES string of the molecule is CCCCCn1cc(Cc2cccc(C(=O)OC)c2)c(=O)n2cc(-c3ccc(Cl)cc3)nc12. The summed E-state index contributed by atoms with van der Waals surface area (Å²) in [5.41, 5.74) is 3.47. The van der Waals surface area contributed by atoms with E-state index in [1.165, 1.54) is 7.11 Å². The van der Waals surface area contributed by atoms with E-state index < -0.39 is 5.97 Å². The van der Waals surface area contributed by atoms with Crippen molar-refractivity contribution >= 4 is 23.3 Å². The average molecular weight is 464 g/mol. The van der Waals surface area contributed by atoms with Gasteiger partial charge in [-0.15, -0.1) is 0 Å². The Kier molecular flexibility index (Phi) is 6.94. The first-order valence-corrected chi connectivity index (χ1v) is 11.4. The van der Waals surface area contributed by atoms with Crippen LogP contribution in [0.4, 0.5) is 0 Å². The van der Waals surface area contributed by atoms with Crippen molar-refractivity contribution in [2.45, 2.75) is 39.2 Å². The van der Waals surface area contributed by atoms with Crippen molar-refractivity contribution < 1.29 is 9.53 Å². The van der Waals surface area contributed by atoms with Crippen LogP contribution in [-0.4, -0.2) is 27.0 Å². The summed E-state index contributed by atoms with van der Waals surface area (Å²) < 4.78 is 8.50. The lowest BCUT2D eigenvalue weighted by Gasteiger charge is -2.11. The first-order valence-electron chi connectivity index (χ1n) is 11.0. The number of unbranched alkanes of at least 4 members (excludes halogenated alkanes) is 2. The molecule has 0 fully saturated rings. The quantitative estimate of drug-likeness (QED) is 0.260. The molecule has 0 aliphatic rings. The molecule has 0 radical (unpaired) electrons. The highest BCUT2D eigenvalue weighted by Gasteiger charge is 2.15. The lowest BCUT2D eigenvalue weighted by molar-refractivity contribution is 0.0600. The van der Waals surface area contributed by atoms with Gasteiger partial charge in [-0.05, 0) is 36.2 Å². The molecule has 0 N–H and O–H groups in total. The van der Waals surface area contributed by atoms with E-state index in [-0.39, 0.29) is 5.56 Å². The van der Waals surface area contributed by atoms with Crippen molar-refractivity contribution in [3.63, 3.8) is 0 Å². The Morgan fingerprint density at radius 3 is 2.61 bits per heavy atom. The van der Waals surface area contributed by atoms with Crippen LogP contribution in [0, 0.1) is 0 Å². The molecular formula is C26H26ClN3O3. The minimum absolute atomic E-state index is 0.118. The maximum atomic E-state index is 13.4. The summed E-state index contributed by atoms with van der Waals surface area (Å²) in [5.74, 6) is 0.222. The summed E-state index contributed by atoms with van der Waals surface area (Å²) in [6.07, 6.45) is 7.29. The van der Waals surface area contributed by atoms with Gasteiger partial charge in [0.1, 0.15) is 0 Å². The topological polar surface area (TPSA) is 65.6 Å². The molecule has 4 aromatic rings. The van der Waals surface area contributed by atoms with E-state index in [4.69, 9.17) is 21.3 Å². The molecule has 0 saturated heterocycles. The molecule has 2 aromatic heterocycles. The summed E-state index contributed by atoms with van der Waals surface area (Å²) in [6, 6.07) is 14.6. The van der Waals surface area contributed by atoms with E-state index in [9.17, 15) is 9.59 Å². The maximum Gasteiger partial charge on any atom is 0.337 e. The number of aryl methyl sites for hydroxylation is 1. The molecule has 7 heteroatoms. The van der Waals surface area contributed by atoms with E-state index in [2.05, 4.69) is 11.5 Å². The zero-order chi connectivity index (χ0) is 23.4. The van der Waals surface area contributed by atoms with E-state index in [0.29, 0.717) is 28.3 Å². The lowest BCUT2D eigenvalue weighted by Crippen LogP contribution is -2.22. The molecule has 0 saturated carbocycles. The number of nitrogens with zero attached hydrogens (tertiary/aromatic N) is 3. The highest BCUT2D eigenvalue weighted by molar-refractivity contribution is 6.30. The van der Waals surface area contributed by atoms with Gasteiger partial charge in [0.2, 0.25) is 5.78 Å². The van der Waals surface area contributed by atoms with Crippen LogP contribution in [-0.2, 0) is 17.7 Å². The number of hydrogen-bond acceptors (Lipinski definition) is 4. The lowest BCUT2D eigenvalue weighted by atomic mass is 10.0. The average Bonchev–Trinajstić information content (AvgIpc) is 3.28. The summed E-state index contributed by atoms with van der Waals surface area (Å²) >= 11 is 6.03. The molecule has 0 bridgehead atoms. The summed E-state index contributed by atoms with van der Waals surface area (Å²) in [5, 5.41) is 0.651. The summed E-state index contributed by atoms with van der Waals surface area (Å²) in [4.78, 5) is 30.1. The highest BCUT2D eigenvalue weighted by Crippen LogP contribution is 2.21. The maximum absolute atomic E-state index is 13.4. The molecule has 0 aliphatic carbocycles. The van der Waals surface area contributed by atoms with Crippen LogP contribution < -0.4 is 5.56 Å². The number of hydrogen-bond donors (Lipinski definition) is 0. The summed E-state index contributed by atoms with van der Waals surface area (Å²) in [7, 11) is 1.36. The Morgan fingerprint density at radius 2 is 1.88 bits per heavy atom. The first-order chi connectivity index (χ1) is 16.0. The number of carbonyl (C=O) groups is 1. The van der Waals surface area contributed by atoms with Gasteiger partial charge in [-0.25, -0.2) is 9.78 Å². The molecule has 0 atom stereocenters. The first kappa shape index (κ1) is 22.8. The number of esters is 1. The van der Waals surface area contributed by atoms with Crippen molar-refractivity contribution in [3.8, 4) is 11.3 Å². The van der Waals surface area contributed by atoms with Crippen LogP contribution in [0.1, 0.15) is 47.7 Å². The third-order valence-corrected chi connectivity index (χ3v) is 5.89. The molecule has 0 amide bonds. The number of methoxy groups -OCH3 is 1. The molecule has 170 valence electrons. The van der Waals surface area contributed by atoms with Gasteiger partial charge in [0.25, 0.3) is 5.56 Å². The third-order valence-electron chi connectivity index (χ3n) is 5.63. The van der Waals surface area contributed by atoms with Crippen molar-refractivity contribution in [2.75, 3.05) is 7.11 Å². The molecule has 2 heterocycles. The fraction of sp³-hybridized carbons (Fsp3) is 0.269. The van der Waals surface area contributed by atoms with E-state index in [0.717, 1.165) is 42.6 Å². The minimum Gasteiger partial charge on any atom is -0.465 e. The predicted molar refractivity (Wildman–Crippen MR) is 130 cm³/mol. The van der Waals surface area contributed by atoms with Crippen LogP contribution in [0.5, 0.6) is 0 Å². The molecule has 2 aromatic carbocycles. The summed E-state index contributed by atoms with van der Waals surface area (Å²) in [6.45, 7) is 2.93. The zero-order valence-corrected chi connectivity index (χ0v) is 19.5. The predicted octanol–water partition coefficient (Wildman–Crippen LogP) is 5.38. The van der Waals surface area contributed by atoms with Gasteiger partial charge >= 0.3 is 5.97 Å². The second-order valence-electron chi connectivity index (χ2n) is 8.03. The van der Waals surface area contributed by atoms with Gasteiger partial charge in [0, 0.05) is 41.5 Å². The van der Waals surface area contributed by atoms with Gasteiger partial charge in [-0.3, -0.25) is 9.20 Å². The number of benzene rings is 2. The Morgan fingerprint density at radius 1 is 1.09 bits per heavy atom. The number of ether oxygens (including phenoxy) is 1. The molecule has 6 nitrogen and oxygen atoms in total. The number of imidazole rings is 1. The Hall–Kier alpha value is -3.38. The van der Waals surface area contributed by atoms with Gasteiger partial charge in [0.05, 0.1) is 18.4 Å². The van der Waals surface area contributed by atoms with Crippen molar-refractivity contribution in [1.82, 2.24) is 14.0 Å². The van der Waals surface area contributed by atoms with Crippen LogP contribution >= 0.6 is 11.6 Å². The van der Waals surface area contributed by atoms with Crippen LogP contribution in [0.2, 0.25) is 5.02 Å². The van der Waals surface area contributed by atoms with Crippen LogP contribution in [0.3, 0.4) is 0 Å². The van der Waals surface area contributed by atoms with Gasteiger partial charge in [0.15, 0.2) is 0 Å². The monoisotopic (exact) mass is 463 g/mol. The normalized spacial score (nSPS) is 11.1. The van der Waals surface area contributed by atoms with Crippen molar-refractivity contribution in [2.24, 2.45) is 0 Å². The molecule has 33 heavy (non-hydrogen) atoms. The zero-order valence-electron chi connectivity index (χ0n) is 18.8. The van der Waals surface area contributed by atoms with Gasteiger partial charge in [-0.1, -0.05) is 55.6 Å². The minimum atomic E-state index is -0.397. The highest BCUT2D eigenvalue weighted by atomic mass is 35.5. The van der Waals surface area contributed by atoms with Crippen LogP contribution in [0.15, 0.2) is 65.7 Å². The number of halogens is 1. The van der Waals surface area contributed by atoms with Gasteiger partial charge < -0.3 is 9.30 Å². The Balaban J connectivity index is 1.78. The molecular weight excluding hydrogens is 438 g/mol. The molecule has 0 aliphatic heterocycles. The number of fused-ring (bicyclic) bond motifs is 1.